The third-order valence-electron chi connectivity index (χ3n) is 4.25. The molecule has 0 spiro atoms. The lowest BCUT2D eigenvalue weighted by Gasteiger charge is -2.31. The molecular formula is C14H28N2O. The van der Waals surface area contributed by atoms with E-state index in [4.69, 9.17) is 5.73 Å². The Labute approximate surface area is 106 Å². The lowest BCUT2D eigenvalue weighted by atomic mass is 9.78. The fourth-order valence-corrected chi connectivity index (χ4v) is 2.42. The molecule has 1 aliphatic rings. The highest BCUT2D eigenvalue weighted by atomic mass is 16.1. The summed E-state index contributed by atoms with van der Waals surface area (Å²) >= 11 is 0. The summed E-state index contributed by atoms with van der Waals surface area (Å²) in [4.78, 5) is 12.2. The van der Waals surface area contributed by atoms with Crippen LogP contribution in [0.1, 0.15) is 52.9 Å². The van der Waals surface area contributed by atoms with Gasteiger partial charge in [-0.1, -0.05) is 33.6 Å². The van der Waals surface area contributed by atoms with Gasteiger partial charge in [0, 0.05) is 12.5 Å². The number of nitrogens with two attached hydrogens (primary N) is 1. The van der Waals surface area contributed by atoms with Crippen LogP contribution >= 0.6 is 0 Å². The van der Waals surface area contributed by atoms with Gasteiger partial charge in [-0.3, -0.25) is 4.79 Å². The molecule has 0 heterocycles. The molecule has 1 saturated carbocycles. The van der Waals surface area contributed by atoms with Crippen molar-refractivity contribution in [2.45, 2.75) is 52.9 Å². The highest BCUT2D eigenvalue weighted by Gasteiger charge is 2.30. The van der Waals surface area contributed by atoms with E-state index in [1.165, 1.54) is 12.8 Å². The number of hydrogen-bond donors (Lipinski definition) is 2. The van der Waals surface area contributed by atoms with Gasteiger partial charge in [-0.05, 0) is 37.1 Å². The maximum atomic E-state index is 12.2. The van der Waals surface area contributed by atoms with Gasteiger partial charge in [0.1, 0.15) is 0 Å². The summed E-state index contributed by atoms with van der Waals surface area (Å²) < 4.78 is 0. The van der Waals surface area contributed by atoms with Gasteiger partial charge in [-0.2, -0.15) is 0 Å². The minimum Gasteiger partial charge on any atom is -0.355 e. The van der Waals surface area contributed by atoms with Crippen LogP contribution in [0.15, 0.2) is 0 Å². The van der Waals surface area contributed by atoms with Gasteiger partial charge in [0.2, 0.25) is 5.91 Å². The topological polar surface area (TPSA) is 55.1 Å². The summed E-state index contributed by atoms with van der Waals surface area (Å²) in [6, 6.07) is 0. The quantitative estimate of drug-likeness (QED) is 0.774. The zero-order valence-corrected chi connectivity index (χ0v) is 11.6. The van der Waals surface area contributed by atoms with Crippen molar-refractivity contribution in [2.75, 3.05) is 13.1 Å². The second-order valence-electron chi connectivity index (χ2n) is 6.12. The van der Waals surface area contributed by atoms with Gasteiger partial charge in [0.05, 0.1) is 0 Å². The molecule has 1 fully saturated rings. The Morgan fingerprint density at radius 1 is 1.35 bits per heavy atom. The van der Waals surface area contributed by atoms with E-state index >= 15 is 0 Å². The lowest BCUT2D eigenvalue weighted by molar-refractivity contribution is -0.128. The molecule has 2 unspecified atom stereocenters. The van der Waals surface area contributed by atoms with Crippen LogP contribution < -0.4 is 11.1 Å². The Kier molecular flexibility index (Phi) is 5.44. The highest BCUT2D eigenvalue weighted by molar-refractivity contribution is 5.79. The second kappa shape index (κ2) is 6.39. The standard InChI is InChI=1S/C14H28N2O/c1-4-14(2,3)10-16-13(17)12-8-6-5-7-11(12)9-15/h11-12H,4-10,15H2,1-3H3,(H,16,17). The first-order chi connectivity index (χ1) is 8.00. The number of carbonyl (C=O) groups is 1. The van der Waals surface area contributed by atoms with Crippen molar-refractivity contribution in [1.29, 1.82) is 0 Å². The molecular weight excluding hydrogens is 212 g/mol. The fourth-order valence-electron chi connectivity index (χ4n) is 2.42. The van der Waals surface area contributed by atoms with Crippen molar-refractivity contribution >= 4 is 5.91 Å². The molecule has 3 N–H and O–H groups in total. The average molecular weight is 240 g/mol. The number of amides is 1. The van der Waals surface area contributed by atoms with E-state index in [0.717, 1.165) is 25.8 Å². The molecule has 17 heavy (non-hydrogen) atoms. The summed E-state index contributed by atoms with van der Waals surface area (Å²) in [5, 5.41) is 3.11. The molecule has 3 heteroatoms. The van der Waals surface area contributed by atoms with Crippen LogP contribution in [-0.2, 0) is 4.79 Å². The lowest BCUT2D eigenvalue weighted by Crippen LogP contribution is -2.42. The number of hydrogen-bond acceptors (Lipinski definition) is 2. The van der Waals surface area contributed by atoms with Crippen LogP contribution in [0.2, 0.25) is 0 Å². The minimum absolute atomic E-state index is 0.154. The first-order valence-electron chi connectivity index (χ1n) is 6.98. The normalized spacial score (nSPS) is 25.6. The monoisotopic (exact) mass is 240 g/mol. The van der Waals surface area contributed by atoms with E-state index in [9.17, 15) is 4.79 Å². The molecule has 0 radical (unpaired) electrons. The summed E-state index contributed by atoms with van der Waals surface area (Å²) in [7, 11) is 0. The van der Waals surface area contributed by atoms with Crippen molar-refractivity contribution in [1.82, 2.24) is 5.32 Å². The molecule has 2 atom stereocenters. The first-order valence-corrected chi connectivity index (χ1v) is 6.98. The zero-order chi connectivity index (χ0) is 12.9. The fraction of sp³-hybridized carbons (Fsp3) is 0.929. The van der Waals surface area contributed by atoms with Crippen molar-refractivity contribution in [2.24, 2.45) is 23.0 Å². The summed E-state index contributed by atoms with van der Waals surface area (Å²) in [6.45, 7) is 7.96. The Balaban J connectivity index is 2.45. The largest absolute Gasteiger partial charge is 0.355 e. The number of nitrogens with one attached hydrogen (secondary N) is 1. The van der Waals surface area contributed by atoms with Crippen LogP contribution in [0.5, 0.6) is 0 Å². The highest BCUT2D eigenvalue weighted by Crippen LogP contribution is 2.29. The van der Waals surface area contributed by atoms with E-state index in [1.54, 1.807) is 0 Å². The summed E-state index contributed by atoms with van der Waals surface area (Å²) in [6.07, 6.45) is 5.61. The van der Waals surface area contributed by atoms with Gasteiger partial charge >= 0.3 is 0 Å². The maximum Gasteiger partial charge on any atom is 0.223 e. The molecule has 0 saturated heterocycles. The number of carbonyl (C=O) groups excluding carboxylic acids is 1. The SMILES string of the molecule is CCC(C)(C)CNC(=O)C1CCCCC1CN. The third-order valence-corrected chi connectivity index (χ3v) is 4.25. The van der Waals surface area contributed by atoms with Gasteiger partial charge in [-0.15, -0.1) is 0 Å². The molecule has 1 rings (SSSR count). The van der Waals surface area contributed by atoms with Gasteiger partial charge in [-0.25, -0.2) is 0 Å². The van der Waals surface area contributed by atoms with Crippen molar-refractivity contribution in [3.05, 3.63) is 0 Å². The van der Waals surface area contributed by atoms with E-state index in [2.05, 4.69) is 26.1 Å². The van der Waals surface area contributed by atoms with Crippen molar-refractivity contribution in [3.63, 3.8) is 0 Å². The van der Waals surface area contributed by atoms with Gasteiger partial charge in [0.25, 0.3) is 0 Å². The maximum absolute atomic E-state index is 12.2. The molecule has 1 aliphatic carbocycles. The third kappa shape index (κ3) is 4.30. The molecule has 0 aromatic rings. The van der Waals surface area contributed by atoms with Crippen LogP contribution in [0, 0.1) is 17.3 Å². The second-order valence-corrected chi connectivity index (χ2v) is 6.12. The predicted molar refractivity (Wildman–Crippen MR) is 71.6 cm³/mol. The van der Waals surface area contributed by atoms with Crippen LogP contribution in [0.25, 0.3) is 0 Å². The average Bonchev–Trinajstić information content (AvgIpc) is 2.36. The predicted octanol–water partition coefficient (Wildman–Crippen LogP) is 2.30. The van der Waals surface area contributed by atoms with Crippen molar-refractivity contribution < 1.29 is 4.79 Å². The molecule has 0 aromatic carbocycles. The molecule has 0 bridgehead atoms. The van der Waals surface area contributed by atoms with E-state index < -0.39 is 0 Å². The Hall–Kier alpha value is -0.570. The molecule has 1 amide bonds. The Bertz CT molecular complexity index is 251. The van der Waals surface area contributed by atoms with Gasteiger partial charge < -0.3 is 11.1 Å². The first kappa shape index (κ1) is 14.5. The van der Waals surface area contributed by atoms with Crippen molar-refractivity contribution in [3.8, 4) is 0 Å². The molecule has 0 aromatic heterocycles. The van der Waals surface area contributed by atoms with E-state index in [0.29, 0.717) is 12.5 Å². The van der Waals surface area contributed by atoms with E-state index in [1.807, 2.05) is 0 Å². The molecule has 0 aliphatic heterocycles. The van der Waals surface area contributed by atoms with E-state index in [-0.39, 0.29) is 17.2 Å². The molecule has 3 nitrogen and oxygen atoms in total. The molecule has 100 valence electrons. The summed E-state index contributed by atoms with van der Waals surface area (Å²) in [5.74, 6) is 0.775. The zero-order valence-electron chi connectivity index (χ0n) is 11.6. The number of rotatable bonds is 5. The van der Waals surface area contributed by atoms with Crippen LogP contribution in [0.3, 0.4) is 0 Å². The van der Waals surface area contributed by atoms with Crippen LogP contribution in [-0.4, -0.2) is 19.0 Å². The van der Waals surface area contributed by atoms with Gasteiger partial charge in [0.15, 0.2) is 0 Å². The summed E-state index contributed by atoms with van der Waals surface area (Å²) in [5.41, 5.74) is 5.96. The Morgan fingerprint density at radius 3 is 2.59 bits per heavy atom. The Morgan fingerprint density at radius 2 is 2.00 bits per heavy atom. The smallest absolute Gasteiger partial charge is 0.223 e. The minimum atomic E-state index is 0.154. The van der Waals surface area contributed by atoms with Crippen LogP contribution in [0.4, 0.5) is 0 Å².